The number of nitrogens with two attached hydrogens (primary N) is 2. The highest BCUT2D eigenvalue weighted by Crippen LogP contribution is 2.01. The van der Waals surface area contributed by atoms with Gasteiger partial charge in [-0.25, -0.2) is 0 Å². The molecule has 0 aromatic heterocycles. The lowest BCUT2D eigenvalue weighted by atomic mass is 10.2. The second kappa shape index (κ2) is 10.2. The van der Waals surface area contributed by atoms with Crippen molar-refractivity contribution in [1.82, 2.24) is 10.2 Å². The van der Waals surface area contributed by atoms with E-state index in [-0.39, 0.29) is 17.6 Å². The molecule has 0 bridgehead atoms. The molecule has 5 N–H and O–H groups in total. The van der Waals surface area contributed by atoms with Gasteiger partial charge in [-0.2, -0.15) is 12.6 Å². The molecule has 0 aliphatic carbocycles. The second-order valence-corrected chi connectivity index (χ2v) is 4.41. The summed E-state index contributed by atoms with van der Waals surface area (Å²) < 4.78 is 0. The van der Waals surface area contributed by atoms with Crippen LogP contribution in [-0.2, 0) is 9.59 Å². The Hall–Kier alpha value is -0.790. The lowest BCUT2D eigenvalue weighted by Crippen LogP contribution is -2.50. The molecule has 7 heteroatoms. The summed E-state index contributed by atoms with van der Waals surface area (Å²) in [6.07, 6.45) is 1.46. The van der Waals surface area contributed by atoms with E-state index in [9.17, 15) is 9.59 Å². The summed E-state index contributed by atoms with van der Waals surface area (Å²) in [6.45, 7) is 3.60. The quantitative estimate of drug-likeness (QED) is 0.403. The van der Waals surface area contributed by atoms with E-state index >= 15 is 0 Å². The van der Waals surface area contributed by atoms with E-state index in [1.165, 1.54) is 6.92 Å². The third-order valence-electron chi connectivity index (χ3n) is 2.43. The Morgan fingerprint density at radius 3 is 2.06 bits per heavy atom. The topological polar surface area (TPSA) is 101 Å². The molecule has 6 nitrogen and oxygen atoms in total. The fourth-order valence-corrected chi connectivity index (χ4v) is 1.80. The smallest absolute Gasteiger partial charge is 0.245 e. The van der Waals surface area contributed by atoms with Gasteiger partial charge in [-0.1, -0.05) is 0 Å². The van der Waals surface area contributed by atoms with Crippen LogP contribution in [0.5, 0.6) is 0 Å². The van der Waals surface area contributed by atoms with E-state index in [2.05, 4.69) is 17.9 Å². The average molecular weight is 276 g/mol. The summed E-state index contributed by atoms with van der Waals surface area (Å²) >= 11 is 4.09. The van der Waals surface area contributed by atoms with Gasteiger partial charge in [0.1, 0.15) is 6.04 Å². The van der Waals surface area contributed by atoms with Crippen molar-refractivity contribution in [3.63, 3.8) is 0 Å². The maximum atomic E-state index is 12.2. The molecule has 0 saturated carbocycles. The van der Waals surface area contributed by atoms with Crippen molar-refractivity contribution in [3.8, 4) is 0 Å². The largest absolute Gasteiger partial charge is 0.344 e. The van der Waals surface area contributed by atoms with Crippen molar-refractivity contribution in [2.75, 3.05) is 31.9 Å². The molecule has 0 saturated heterocycles. The Morgan fingerprint density at radius 1 is 1.22 bits per heavy atom. The minimum atomic E-state index is -0.582. The molecule has 0 fully saturated rings. The maximum absolute atomic E-state index is 12.2. The molecule has 0 aromatic carbocycles. The number of carbonyl (C=O) groups is 2. The molecule has 0 rings (SSSR count). The molecule has 1 atom stereocenters. The minimum Gasteiger partial charge on any atom is -0.344 e. The summed E-state index contributed by atoms with van der Waals surface area (Å²) in [5.41, 5.74) is 10.9. The summed E-state index contributed by atoms with van der Waals surface area (Å²) in [5, 5.41) is 2.59. The number of hydrogen-bond donors (Lipinski definition) is 4. The number of nitrogens with one attached hydrogen (secondary N) is 1. The monoisotopic (exact) mass is 276 g/mol. The van der Waals surface area contributed by atoms with Gasteiger partial charge >= 0.3 is 0 Å². The highest BCUT2D eigenvalue weighted by atomic mass is 32.1. The van der Waals surface area contributed by atoms with Crippen LogP contribution in [0, 0.1) is 0 Å². The third-order valence-corrected chi connectivity index (χ3v) is 2.80. The van der Waals surface area contributed by atoms with Gasteiger partial charge in [-0.05, 0) is 25.9 Å². The van der Waals surface area contributed by atoms with Crippen LogP contribution < -0.4 is 16.8 Å². The molecule has 0 aliphatic rings. The van der Waals surface area contributed by atoms with Crippen LogP contribution in [-0.4, -0.2) is 54.7 Å². The lowest BCUT2D eigenvalue weighted by molar-refractivity contribution is -0.135. The fraction of sp³-hybridized carbons (Fsp3) is 0.818. The number of rotatable bonds is 9. The van der Waals surface area contributed by atoms with Crippen LogP contribution in [0.3, 0.4) is 0 Å². The van der Waals surface area contributed by atoms with E-state index in [0.717, 1.165) is 12.8 Å². The van der Waals surface area contributed by atoms with E-state index in [1.54, 1.807) is 4.90 Å². The average Bonchev–Trinajstić information content (AvgIpc) is 2.35. The van der Waals surface area contributed by atoms with Crippen molar-refractivity contribution in [2.24, 2.45) is 11.5 Å². The van der Waals surface area contributed by atoms with E-state index in [0.29, 0.717) is 26.2 Å². The van der Waals surface area contributed by atoms with Gasteiger partial charge in [0, 0.05) is 25.8 Å². The van der Waals surface area contributed by atoms with Crippen molar-refractivity contribution < 1.29 is 9.59 Å². The molecule has 0 aromatic rings. The highest BCUT2D eigenvalue weighted by molar-refractivity contribution is 7.80. The second-order valence-electron chi connectivity index (χ2n) is 4.05. The molecule has 0 spiro atoms. The van der Waals surface area contributed by atoms with Gasteiger partial charge in [0.05, 0.1) is 0 Å². The van der Waals surface area contributed by atoms with Crippen molar-refractivity contribution in [1.29, 1.82) is 0 Å². The molecule has 0 unspecified atom stereocenters. The van der Waals surface area contributed by atoms with Crippen molar-refractivity contribution >= 4 is 24.4 Å². The van der Waals surface area contributed by atoms with Gasteiger partial charge in [-0.3, -0.25) is 9.59 Å². The molecular formula is C11H24N4O2S. The minimum absolute atomic E-state index is 0.123. The zero-order valence-electron chi connectivity index (χ0n) is 10.9. The summed E-state index contributed by atoms with van der Waals surface area (Å²) in [4.78, 5) is 24.9. The third kappa shape index (κ3) is 6.83. The van der Waals surface area contributed by atoms with E-state index in [4.69, 9.17) is 11.5 Å². The number of amides is 2. The zero-order chi connectivity index (χ0) is 14.0. The Kier molecular flexibility index (Phi) is 9.72. The van der Waals surface area contributed by atoms with Gasteiger partial charge in [0.15, 0.2) is 0 Å². The van der Waals surface area contributed by atoms with Crippen molar-refractivity contribution in [3.05, 3.63) is 0 Å². The molecule has 18 heavy (non-hydrogen) atoms. The molecule has 2 amide bonds. The van der Waals surface area contributed by atoms with Crippen LogP contribution in [0.1, 0.15) is 19.8 Å². The zero-order valence-corrected chi connectivity index (χ0v) is 11.8. The highest BCUT2D eigenvalue weighted by Gasteiger charge is 2.23. The standard InChI is InChI=1S/C11H24N4O2S/c1-9(16)14-10(8-18)11(17)15(6-2-4-12)7-3-5-13/h10,18H,2-8,12-13H2,1H3,(H,14,16)/t10-/m0/s1. The van der Waals surface area contributed by atoms with E-state index in [1.807, 2.05) is 0 Å². The number of thiol groups is 1. The first-order valence-electron chi connectivity index (χ1n) is 6.13. The Bertz CT molecular complexity index is 255. The number of carbonyl (C=O) groups excluding carboxylic acids is 2. The predicted octanol–water partition coefficient (Wildman–Crippen LogP) is -1.05. The first-order valence-corrected chi connectivity index (χ1v) is 6.77. The number of hydrogen-bond acceptors (Lipinski definition) is 5. The van der Waals surface area contributed by atoms with Crippen LogP contribution >= 0.6 is 12.6 Å². The van der Waals surface area contributed by atoms with Crippen LogP contribution in [0.25, 0.3) is 0 Å². The van der Waals surface area contributed by atoms with Gasteiger partial charge in [0.25, 0.3) is 0 Å². The molecular weight excluding hydrogens is 252 g/mol. The van der Waals surface area contributed by atoms with Crippen molar-refractivity contribution in [2.45, 2.75) is 25.8 Å². The summed E-state index contributed by atoms with van der Waals surface area (Å²) in [5.74, 6) is -0.0812. The summed E-state index contributed by atoms with van der Waals surface area (Å²) in [7, 11) is 0. The van der Waals surface area contributed by atoms with Crippen LogP contribution in [0.2, 0.25) is 0 Å². The van der Waals surface area contributed by atoms with Gasteiger partial charge < -0.3 is 21.7 Å². The van der Waals surface area contributed by atoms with Crippen LogP contribution in [0.15, 0.2) is 0 Å². The predicted molar refractivity (Wildman–Crippen MR) is 75.4 cm³/mol. The number of nitrogens with zero attached hydrogens (tertiary/aromatic N) is 1. The normalized spacial score (nSPS) is 12.0. The lowest BCUT2D eigenvalue weighted by Gasteiger charge is -2.26. The molecule has 106 valence electrons. The van der Waals surface area contributed by atoms with Gasteiger partial charge in [0.2, 0.25) is 11.8 Å². The van der Waals surface area contributed by atoms with Gasteiger partial charge in [-0.15, -0.1) is 0 Å². The fourth-order valence-electron chi connectivity index (χ4n) is 1.55. The molecule has 0 radical (unpaired) electrons. The molecule has 0 heterocycles. The van der Waals surface area contributed by atoms with Crippen LogP contribution in [0.4, 0.5) is 0 Å². The maximum Gasteiger partial charge on any atom is 0.245 e. The van der Waals surface area contributed by atoms with E-state index < -0.39 is 6.04 Å². The Morgan fingerprint density at radius 2 is 1.72 bits per heavy atom. The molecule has 0 aliphatic heterocycles. The summed E-state index contributed by atoms with van der Waals surface area (Å²) in [6, 6.07) is -0.582. The Balaban J connectivity index is 4.51. The first kappa shape index (κ1) is 17.2. The SMILES string of the molecule is CC(=O)N[C@@H](CS)C(=O)N(CCCN)CCCN. The Labute approximate surface area is 114 Å². The first-order chi connectivity index (χ1) is 8.56.